The van der Waals surface area contributed by atoms with Crippen molar-refractivity contribution in [1.82, 2.24) is 4.90 Å². The van der Waals surface area contributed by atoms with Crippen LogP contribution in [0.25, 0.3) is 0 Å². The molecule has 1 saturated carbocycles. The van der Waals surface area contributed by atoms with Crippen molar-refractivity contribution in [2.75, 3.05) is 19.0 Å². The van der Waals surface area contributed by atoms with E-state index in [2.05, 4.69) is 0 Å². The molecular weight excluding hydrogens is 224 g/mol. The lowest BCUT2D eigenvalue weighted by molar-refractivity contribution is -0.130. The summed E-state index contributed by atoms with van der Waals surface area (Å²) in [6, 6.07) is 0. The molecule has 1 saturated heterocycles. The van der Waals surface area contributed by atoms with E-state index in [4.69, 9.17) is 11.6 Å². The quantitative estimate of drug-likeness (QED) is 0.689. The van der Waals surface area contributed by atoms with Crippen molar-refractivity contribution >= 4 is 17.5 Å². The normalized spacial score (nSPS) is 27.7. The Morgan fingerprint density at radius 3 is 2.60 bits per heavy atom. The molecule has 0 radical (unpaired) electrons. The van der Waals surface area contributed by atoms with Gasteiger partial charge in [-0.3, -0.25) is 4.79 Å². The molecule has 0 aromatic rings. The van der Waals surface area contributed by atoms with Crippen LogP contribution in [0, 0.1) is 11.3 Å². The van der Waals surface area contributed by atoms with Gasteiger partial charge in [-0.15, -0.1) is 11.6 Å². The molecule has 0 aromatic heterocycles. The molecule has 2 rings (SSSR count). The van der Waals surface area contributed by atoms with Gasteiger partial charge in [0.25, 0.3) is 0 Å². The molecule has 2 fully saturated rings. The van der Waals surface area contributed by atoms with Gasteiger partial charge in [0.05, 0.1) is 0 Å². The maximum atomic E-state index is 12.7. The molecule has 0 bridgehead atoms. The number of carbonyl (C=O) groups is 1. The summed E-state index contributed by atoms with van der Waals surface area (Å²) in [6.45, 7) is 0.727. The third kappa shape index (κ3) is 1.96. The molecule has 2 aliphatic rings. The van der Waals surface area contributed by atoms with Crippen molar-refractivity contribution in [3.8, 4) is 0 Å². The van der Waals surface area contributed by atoms with Gasteiger partial charge in [0.15, 0.2) is 0 Å². The molecule has 0 aromatic carbocycles. The smallest absolute Gasteiger partial charge is 0.243 e. The zero-order valence-corrected chi connectivity index (χ0v) is 9.14. The number of halogens is 3. The first kappa shape index (κ1) is 11.1. The van der Waals surface area contributed by atoms with E-state index < -0.39 is 12.3 Å². The Morgan fingerprint density at radius 2 is 2.20 bits per heavy atom. The average molecular weight is 238 g/mol. The minimum Gasteiger partial charge on any atom is -0.342 e. The van der Waals surface area contributed by atoms with E-state index in [-0.39, 0.29) is 30.2 Å². The van der Waals surface area contributed by atoms with Crippen molar-refractivity contribution in [1.29, 1.82) is 0 Å². The SMILES string of the molecule is O=C(CCCl)N1CC(C(F)F)C2(CC2)C1. The summed E-state index contributed by atoms with van der Waals surface area (Å²) in [7, 11) is 0. The van der Waals surface area contributed by atoms with E-state index in [1.54, 1.807) is 4.90 Å². The maximum Gasteiger partial charge on any atom is 0.243 e. The minimum absolute atomic E-state index is 0.0839. The molecule has 2 nitrogen and oxygen atoms in total. The van der Waals surface area contributed by atoms with Crippen LogP contribution in [0.5, 0.6) is 0 Å². The van der Waals surface area contributed by atoms with E-state index in [0.29, 0.717) is 6.54 Å². The Kier molecular flexibility index (Phi) is 2.88. The van der Waals surface area contributed by atoms with Crippen LogP contribution < -0.4 is 0 Å². The third-order valence-electron chi connectivity index (χ3n) is 3.57. The largest absolute Gasteiger partial charge is 0.342 e. The van der Waals surface area contributed by atoms with Crippen LogP contribution in [0.4, 0.5) is 8.78 Å². The lowest BCUT2D eigenvalue weighted by Crippen LogP contribution is -2.29. The topological polar surface area (TPSA) is 20.3 Å². The van der Waals surface area contributed by atoms with E-state index in [0.717, 1.165) is 12.8 Å². The molecule has 86 valence electrons. The molecule has 1 aliphatic carbocycles. The Balaban J connectivity index is 2.00. The van der Waals surface area contributed by atoms with Crippen LogP contribution in [0.15, 0.2) is 0 Å². The minimum atomic E-state index is -2.30. The zero-order valence-electron chi connectivity index (χ0n) is 8.39. The molecule has 5 heteroatoms. The second kappa shape index (κ2) is 3.89. The summed E-state index contributed by atoms with van der Waals surface area (Å²) in [4.78, 5) is 13.1. The molecule has 1 unspecified atom stereocenters. The van der Waals surface area contributed by atoms with Gasteiger partial charge in [-0.1, -0.05) is 0 Å². The lowest BCUT2D eigenvalue weighted by Gasteiger charge is -2.15. The highest BCUT2D eigenvalue weighted by Gasteiger charge is 2.58. The van der Waals surface area contributed by atoms with Crippen LogP contribution >= 0.6 is 11.6 Å². The fourth-order valence-corrected chi connectivity index (χ4v) is 2.62. The average Bonchev–Trinajstić information content (AvgIpc) is 2.78. The number of amides is 1. The van der Waals surface area contributed by atoms with Crippen LogP contribution in [0.2, 0.25) is 0 Å². The number of hydrogen-bond acceptors (Lipinski definition) is 1. The first-order chi connectivity index (χ1) is 7.09. The standard InChI is InChI=1S/C10H14ClF2NO/c11-4-1-8(15)14-5-7(9(12)13)10(6-14)2-3-10/h7,9H,1-6H2. The summed E-state index contributed by atoms with van der Waals surface area (Å²) < 4.78 is 25.5. The van der Waals surface area contributed by atoms with Gasteiger partial charge in [0.1, 0.15) is 0 Å². The molecule has 1 amide bonds. The van der Waals surface area contributed by atoms with Crippen molar-refractivity contribution in [3.05, 3.63) is 0 Å². The fraction of sp³-hybridized carbons (Fsp3) is 0.900. The summed E-state index contributed by atoms with van der Waals surface area (Å²) in [5, 5.41) is 0. The maximum absolute atomic E-state index is 12.7. The molecule has 1 aliphatic heterocycles. The van der Waals surface area contributed by atoms with Gasteiger partial charge in [-0.25, -0.2) is 8.78 Å². The highest BCUT2D eigenvalue weighted by Crippen LogP contribution is 2.57. The van der Waals surface area contributed by atoms with Crippen molar-refractivity contribution < 1.29 is 13.6 Å². The number of likely N-dealkylation sites (tertiary alicyclic amines) is 1. The van der Waals surface area contributed by atoms with Crippen molar-refractivity contribution in [2.45, 2.75) is 25.7 Å². The van der Waals surface area contributed by atoms with E-state index in [1.165, 1.54) is 0 Å². The number of hydrogen-bond donors (Lipinski definition) is 0. The van der Waals surface area contributed by atoms with E-state index in [1.807, 2.05) is 0 Å². The highest BCUT2D eigenvalue weighted by molar-refractivity contribution is 6.18. The van der Waals surface area contributed by atoms with Crippen LogP contribution in [0.1, 0.15) is 19.3 Å². The van der Waals surface area contributed by atoms with Crippen molar-refractivity contribution in [3.63, 3.8) is 0 Å². The van der Waals surface area contributed by atoms with Gasteiger partial charge in [0.2, 0.25) is 12.3 Å². The molecule has 15 heavy (non-hydrogen) atoms. The van der Waals surface area contributed by atoms with Gasteiger partial charge < -0.3 is 4.90 Å². The summed E-state index contributed by atoms with van der Waals surface area (Å²) >= 11 is 5.46. The monoisotopic (exact) mass is 237 g/mol. The Labute approximate surface area is 92.6 Å². The fourth-order valence-electron chi connectivity index (χ4n) is 2.46. The number of nitrogens with zero attached hydrogens (tertiary/aromatic N) is 1. The van der Waals surface area contributed by atoms with Crippen LogP contribution in [0.3, 0.4) is 0 Å². The number of carbonyl (C=O) groups excluding carboxylic acids is 1. The van der Waals surface area contributed by atoms with Crippen LogP contribution in [-0.4, -0.2) is 36.2 Å². The van der Waals surface area contributed by atoms with Crippen molar-refractivity contribution in [2.24, 2.45) is 11.3 Å². The summed E-state index contributed by atoms with van der Waals surface area (Å²) in [5.74, 6) is -0.432. The molecular formula is C10H14ClF2NO. The van der Waals surface area contributed by atoms with Gasteiger partial charge in [0, 0.05) is 31.3 Å². The number of alkyl halides is 3. The number of rotatable bonds is 3. The lowest BCUT2D eigenvalue weighted by atomic mass is 9.93. The molecule has 1 atom stereocenters. The molecule has 1 heterocycles. The Bertz CT molecular complexity index is 268. The van der Waals surface area contributed by atoms with Gasteiger partial charge >= 0.3 is 0 Å². The molecule has 0 N–H and O–H groups in total. The first-order valence-electron chi connectivity index (χ1n) is 5.21. The second-order valence-corrected chi connectivity index (χ2v) is 4.89. The third-order valence-corrected chi connectivity index (χ3v) is 3.76. The second-order valence-electron chi connectivity index (χ2n) is 4.52. The first-order valence-corrected chi connectivity index (χ1v) is 5.74. The van der Waals surface area contributed by atoms with E-state index >= 15 is 0 Å². The predicted molar refractivity (Wildman–Crippen MR) is 53.1 cm³/mol. The molecule has 1 spiro atoms. The van der Waals surface area contributed by atoms with Crippen LogP contribution in [-0.2, 0) is 4.79 Å². The predicted octanol–water partition coefficient (Wildman–Crippen LogP) is 2.12. The van der Waals surface area contributed by atoms with Gasteiger partial charge in [-0.2, -0.15) is 0 Å². The van der Waals surface area contributed by atoms with E-state index in [9.17, 15) is 13.6 Å². The summed E-state index contributed by atoms with van der Waals surface area (Å²) in [6.07, 6.45) is -0.367. The van der Waals surface area contributed by atoms with Gasteiger partial charge in [-0.05, 0) is 18.3 Å². The Hall–Kier alpha value is -0.380. The summed E-state index contributed by atoms with van der Waals surface area (Å²) in [5.41, 5.74) is -0.254. The Morgan fingerprint density at radius 1 is 1.53 bits per heavy atom. The highest BCUT2D eigenvalue weighted by atomic mass is 35.5. The zero-order chi connectivity index (χ0) is 11.1.